The molecule has 0 spiro atoms. The highest BCUT2D eigenvalue weighted by atomic mass is 31.2. The molecule has 1 unspecified atom stereocenters. The highest BCUT2D eigenvalue weighted by Gasteiger charge is 2.22. The summed E-state index contributed by atoms with van der Waals surface area (Å²) in [5.74, 6) is -0.887. The molecule has 9 heteroatoms. The average Bonchev–Trinajstić information content (AvgIpc) is 3.02. The molecule has 0 aromatic carbocycles. The van der Waals surface area contributed by atoms with Gasteiger partial charge in [0.25, 0.3) is 0 Å². The molecule has 272 valence electrons. The van der Waals surface area contributed by atoms with Gasteiger partial charge in [-0.25, -0.2) is 4.57 Å². The zero-order chi connectivity index (χ0) is 34.0. The van der Waals surface area contributed by atoms with Crippen molar-refractivity contribution in [3.63, 3.8) is 0 Å². The van der Waals surface area contributed by atoms with Crippen LogP contribution in [0.3, 0.4) is 0 Å². The summed E-state index contributed by atoms with van der Waals surface area (Å²) in [5, 5.41) is 0. The predicted molar refractivity (Wildman–Crippen MR) is 189 cm³/mol. The molecule has 0 aliphatic carbocycles. The maximum Gasteiger partial charge on any atom is 0.469 e. The van der Waals surface area contributed by atoms with Crippen LogP contribution < -0.4 is 0 Å². The van der Waals surface area contributed by atoms with Crippen LogP contribution in [-0.2, 0) is 28.2 Å². The molecule has 0 bridgehead atoms. The van der Waals surface area contributed by atoms with Crippen LogP contribution in [0, 0.1) is 0 Å². The molecule has 0 saturated heterocycles. The fraction of sp³-hybridized carbons (Fsp3) is 0.892. The third-order valence-electron chi connectivity index (χ3n) is 8.28. The Morgan fingerprint density at radius 2 is 0.913 bits per heavy atom. The number of carbonyl (C=O) groups is 2. The number of rotatable bonds is 35. The van der Waals surface area contributed by atoms with Gasteiger partial charge >= 0.3 is 19.8 Å². The maximum atomic E-state index is 12.3. The highest BCUT2D eigenvalue weighted by molar-refractivity contribution is 7.46. The SMILES string of the molecule is CCCCCCCCC=CCCCCCCCC(=O)OC(COC(=O)CCCCCCCCCCCCCCC)COP(=O)(O)O. The number of ether oxygens (including phenoxy) is 2. The lowest BCUT2D eigenvalue weighted by Gasteiger charge is -2.18. The number of unbranched alkanes of at least 4 members (excludes halogenated alkanes) is 23. The van der Waals surface area contributed by atoms with Crippen molar-refractivity contribution >= 4 is 19.8 Å². The van der Waals surface area contributed by atoms with Gasteiger partial charge in [0.15, 0.2) is 6.10 Å². The molecule has 0 fully saturated rings. The molecule has 0 aliphatic rings. The Bertz CT molecular complexity index is 766. The summed E-state index contributed by atoms with van der Waals surface area (Å²) in [5.41, 5.74) is 0. The van der Waals surface area contributed by atoms with Crippen LogP contribution in [0.4, 0.5) is 0 Å². The predicted octanol–water partition coefficient (Wildman–Crippen LogP) is 11.1. The van der Waals surface area contributed by atoms with Gasteiger partial charge < -0.3 is 19.3 Å². The number of phosphoric acid groups is 1. The van der Waals surface area contributed by atoms with E-state index in [0.29, 0.717) is 6.42 Å². The minimum absolute atomic E-state index is 0.206. The van der Waals surface area contributed by atoms with Crippen molar-refractivity contribution in [2.75, 3.05) is 13.2 Å². The molecule has 1 atom stereocenters. The van der Waals surface area contributed by atoms with Crippen molar-refractivity contribution in [2.45, 2.75) is 200 Å². The van der Waals surface area contributed by atoms with E-state index in [1.807, 2.05) is 0 Å². The maximum absolute atomic E-state index is 12.3. The van der Waals surface area contributed by atoms with E-state index in [1.165, 1.54) is 109 Å². The van der Waals surface area contributed by atoms with E-state index in [1.54, 1.807) is 0 Å². The van der Waals surface area contributed by atoms with Gasteiger partial charge in [0, 0.05) is 12.8 Å². The Balaban J connectivity index is 3.96. The van der Waals surface area contributed by atoms with Gasteiger partial charge in [-0.1, -0.05) is 154 Å². The van der Waals surface area contributed by atoms with Gasteiger partial charge in [-0.05, 0) is 38.5 Å². The summed E-state index contributed by atoms with van der Waals surface area (Å²) >= 11 is 0. The lowest BCUT2D eigenvalue weighted by atomic mass is 10.0. The molecule has 0 rings (SSSR count). The average molecular weight is 675 g/mol. The second kappa shape index (κ2) is 33.7. The van der Waals surface area contributed by atoms with Gasteiger partial charge in [-0.15, -0.1) is 0 Å². The van der Waals surface area contributed by atoms with Gasteiger partial charge in [0.2, 0.25) is 0 Å². The Morgan fingerprint density at radius 1 is 0.543 bits per heavy atom. The third-order valence-corrected chi connectivity index (χ3v) is 8.77. The summed E-state index contributed by atoms with van der Waals surface area (Å²) in [6, 6.07) is 0. The molecular weight excluding hydrogens is 603 g/mol. The van der Waals surface area contributed by atoms with E-state index in [2.05, 4.69) is 30.5 Å². The number of hydrogen-bond donors (Lipinski definition) is 2. The lowest BCUT2D eigenvalue weighted by Crippen LogP contribution is -2.29. The molecule has 0 aliphatic heterocycles. The van der Waals surface area contributed by atoms with E-state index >= 15 is 0 Å². The lowest BCUT2D eigenvalue weighted by molar-refractivity contribution is -0.161. The standard InChI is InChI=1S/C37H71O8P/c1-3-5-7-9-11-13-15-17-18-20-22-24-26-28-30-32-37(39)45-35(34-44-46(40,41)42)33-43-36(38)31-29-27-25-23-21-19-16-14-12-10-8-6-4-2/h17-18,35H,3-16,19-34H2,1-2H3,(H2,40,41,42). The van der Waals surface area contributed by atoms with Gasteiger partial charge in [0.05, 0.1) is 6.61 Å². The summed E-state index contributed by atoms with van der Waals surface area (Å²) in [4.78, 5) is 42.7. The summed E-state index contributed by atoms with van der Waals surface area (Å²) in [6.45, 7) is 3.67. The largest absolute Gasteiger partial charge is 0.469 e. The molecule has 46 heavy (non-hydrogen) atoms. The number of carbonyl (C=O) groups excluding carboxylic acids is 2. The fourth-order valence-corrected chi connectivity index (χ4v) is 5.79. The zero-order valence-corrected chi connectivity index (χ0v) is 30.6. The molecule has 0 heterocycles. The molecule has 2 N–H and O–H groups in total. The first kappa shape index (κ1) is 44.8. The van der Waals surface area contributed by atoms with E-state index < -0.39 is 32.5 Å². The van der Waals surface area contributed by atoms with Crippen LogP contribution in [-0.4, -0.2) is 41.0 Å². The Hall–Kier alpha value is -1.21. The van der Waals surface area contributed by atoms with Crippen LogP contribution >= 0.6 is 7.82 Å². The number of phosphoric ester groups is 1. The first-order valence-electron chi connectivity index (χ1n) is 19.0. The minimum atomic E-state index is -4.74. The quantitative estimate of drug-likeness (QED) is 0.0295. The second-order valence-corrected chi connectivity index (χ2v) is 14.1. The van der Waals surface area contributed by atoms with E-state index in [-0.39, 0.29) is 19.4 Å². The first-order chi connectivity index (χ1) is 22.3. The van der Waals surface area contributed by atoms with Crippen LogP contribution in [0.25, 0.3) is 0 Å². The van der Waals surface area contributed by atoms with E-state index in [4.69, 9.17) is 19.3 Å². The number of esters is 2. The summed E-state index contributed by atoms with van der Waals surface area (Å²) in [7, 11) is -4.74. The Morgan fingerprint density at radius 3 is 1.33 bits per heavy atom. The highest BCUT2D eigenvalue weighted by Crippen LogP contribution is 2.36. The van der Waals surface area contributed by atoms with Crippen molar-refractivity contribution in [2.24, 2.45) is 0 Å². The number of hydrogen-bond acceptors (Lipinski definition) is 6. The van der Waals surface area contributed by atoms with E-state index in [0.717, 1.165) is 51.4 Å². The third kappa shape index (κ3) is 35.6. The van der Waals surface area contributed by atoms with Crippen molar-refractivity contribution in [3.05, 3.63) is 12.2 Å². The first-order valence-corrected chi connectivity index (χ1v) is 20.5. The fourth-order valence-electron chi connectivity index (χ4n) is 5.43. The summed E-state index contributed by atoms with van der Waals surface area (Å²) < 4.78 is 26.3. The van der Waals surface area contributed by atoms with Crippen molar-refractivity contribution in [1.29, 1.82) is 0 Å². The molecule has 0 radical (unpaired) electrons. The van der Waals surface area contributed by atoms with Crippen LogP contribution in [0.5, 0.6) is 0 Å². The summed E-state index contributed by atoms with van der Waals surface area (Å²) in [6.07, 6.45) is 35.0. The normalized spacial score (nSPS) is 12.5. The zero-order valence-electron chi connectivity index (χ0n) is 29.7. The Kier molecular flexibility index (Phi) is 32.8. The van der Waals surface area contributed by atoms with Crippen LogP contribution in [0.1, 0.15) is 194 Å². The molecule has 8 nitrogen and oxygen atoms in total. The molecular formula is C37H71O8P. The van der Waals surface area contributed by atoms with Crippen LogP contribution in [0.2, 0.25) is 0 Å². The number of allylic oxidation sites excluding steroid dienone is 2. The van der Waals surface area contributed by atoms with Gasteiger partial charge in [0.1, 0.15) is 6.61 Å². The molecule has 0 aromatic heterocycles. The smallest absolute Gasteiger partial charge is 0.462 e. The molecule has 0 aromatic rings. The monoisotopic (exact) mass is 674 g/mol. The van der Waals surface area contributed by atoms with Crippen molar-refractivity contribution in [3.8, 4) is 0 Å². The topological polar surface area (TPSA) is 119 Å². The minimum Gasteiger partial charge on any atom is -0.462 e. The van der Waals surface area contributed by atoms with E-state index in [9.17, 15) is 14.2 Å². The van der Waals surface area contributed by atoms with Gasteiger partial charge in [-0.2, -0.15) is 0 Å². The second-order valence-electron chi connectivity index (χ2n) is 12.9. The van der Waals surface area contributed by atoms with Gasteiger partial charge in [-0.3, -0.25) is 14.1 Å². The van der Waals surface area contributed by atoms with Crippen LogP contribution in [0.15, 0.2) is 12.2 Å². The van der Waals surface area contributed by atoms with Crippen molar-refractivity contribution < 1.29 is 37.9 Å². The van der Waals surface area contributed by atoms with Crippen molar-refractivity contribution in [1.82, 2.24) is 0 Å². The molecule has 0 amide bonds. The Labute approximate surface area is 282 Å². The molecule has 0 saturated carbocycles.